The van der Waals surface area contributed by atoms with Gasteiger partial charge in [-0.05, 0) is 25.3 Å². The largest absolute Gasteiger partial charge is 0.511 e. The SMILES string of the molecule is CCN(CC)C(=S)SC1=C(O)CC(c2ccccc2)CC1=O. The molecule has 0 aromatic heterocycles. The van der Waals surface area contributed by atoms with Crippen molar-refractivity contribution >= 4 is 34.1 Å². The van der Waals surface area contributed by atoms with Crippen LogP contribution >= 0.6 is 24.0 Å². The highest BCUT2D eigenvalue weighted by Crippen LogP contribution is 2.38. The van der Waals surface area contributed by atoms with Crippen LogP contribution in [0.5, 0.6) is 0 Å². The highest BCUT2D eigenvalue weighted by atomic mass is 32.2. The second kappa shape index (κ2) is 7.79. The molecule has 22 heavy (non-hydrogen) atoms. The number of aliphatic hydroxyl groups excluding tert-OH is 1. The number of carbonyl (C=O) groups excluding carboxylic acids is 1. The van der Waals surface area contributed by atoms with Crippen molar-refractivity contribution in [1.29, 1.82) is 0 Å². The fourth-order valence-electron chi connectivity index (χ4n) is 2.59. The van der Waals surface area contributed by atoms with Crippen LogP contribution in [0.3, 0.4) is 0 Å². The van der Waals surface area contributed by atoms with E-state index < -0.39 is 0 Å². The highest BCUT2D eigenvalue weighted by Gasteiger charge is 2.30. The molecule has 1 atom stereocenters. The third kappa shape index (κ3) is 3.90. The highest BCUT2D eigenvalue weighted by molar-refractivity contribution is 8.26. The second-order valence-corrected chi connectivity index (χ2v) is 6.90. The normalized spacial score (nSPS) is 18.5. The van der Waals surface area contributed by atoms with Gasteiger partial charge in [0.05, 0.1) is 4.91 Å². The zero-order valence-corrected chi connectivity index (χ0v) is 14.5. The number of nitrogens with zero attached hydrogens (tertiary/aromatic N) is 1. The minimum absolute atomic E-state index is 0.0166. The quantitative estimate of drug-likeness (QED) is 0.833. The van der Waals surface area contributed by atoms with Crippen molar-refractivity contribution in [2.24, 2.45) is 0 Å². The van der Waals surface area contributed by atoms with E-state index in [0.717, 1.165) is 18.7 Å². The fourth-order valence-corrected chi connectivity index (χ4v) is 4.05. The first kappa shape index (κ1) is 17.0. The summed E-state index contributed by atoms with van der Waals surface area (Å²) in [6.07, 6.45) is 0.927. The molecule has 2 rings (SSSR count). The molecule has 1 aliphatic rings. The van der Waals surface area contributed by atoms with Crippen molar-refractivity contribution in [3.8, 4) is 0 Å². The van der Waals surface area contributed by atoms with Gasteiger partial charge in [0.2, 0.25) is 0 Å². The van der Waals surface area contributed by atoms with Gasteiger partial charge in [0, 0.05) is 25.9 Å². The predicted molar refractivity (Wildman–Crippen MR) is 96.2 cm³/mol. The molecule has 118 valence electrons. The molecule has 0 spiro atoms. The average Bonchev–Trinajstić information content (AvgIpc) is 2.52. The number of hydrogen-bond donors (Lipinski definition) is 1. The van der Waals surface area contributed by atoms with E-state index in [1.165, 1.54) is 11.8 Å². The molecule has 1 aliphatic carbocycles. The number of allylic oxidation sites excluding steroid dienone is 2. The molecule has 3 nitrogen and oxygen atoms in total. The summed E-state index contributed by atoms with van der Waals surface area (Å²) >= 11 is 6.60. The van der Waals surface area contributed by atoms with Gasteiger partial charge in [-0.3, -0.25) is 4.79 Å². The van der Waals surface area contributed by atoms with Crippen LogP contribution in [-0.2, 0) is 4.79 Å². The Hall–Kier alpha value is -1.33. The summed E-state index contributed by atoms with van der Waals surface area (Å²) in [7, 11) is 0. The van der Waals surface area contributed by atoms with Crippen molar-refractivity contribution in [2.45, 2.75) is 32.6 Å². The molecule has 5 heteroatoms. The van der Waals surface area contributed by atoms with Crippen molar-refractivity contribution in [3.05, 3.63) is 46.6 Å². The van der Waals surface area contributed by atoms with E-state index in [0.29, 0.717) is 22.1 Å². The Labute approximate surface area is 141 Å². The summed E-state index contributed by atoms with van der Waals surface area (Å²) in [5, 5.41) is 10.3. The predicted octanol–water partition coefficient (Wildman–Crippen LogP) is 4.26. The Morgan fingerprint density at radius 2 is 1.91 bits per heavy atom. The topological polar surface area (TPSA) is 40.5 Å². The maximum absolute atomic E-state index is 12.4. The Morgan fingerprint density at radius 3 is 2.45 bits per heavy atom. The van der Waals surface area contributed by atoms with E-state index >= 15 is 0 Å². The molecule has 0 amide bonds. The Bertz CT molecular complexity index is 580. The van der Waals surface area contributed by atoms with Gasteiger partial charge in [0.1, 0.15) is 10.1 Å². The molecule has 0 heterocycles. The third-order valence-electron chi connectivity index (χ3n) is 3.87. The van der Waals surface area contributed by atoms with Crippen LogP contribution in [0.25, 0.3) is 0 Å². The molecule has 1 unspecified atom stereocenters. The van der Waals surface area contributed by atoms with Gasteiger partial charge in [-0.1, -0.05) is 54.3 Å². The van der Waals surface area contributed by atoms with Crippen LogP contribution in [-0.4, -0.2) is 33.2 Å². The van der Waals surface area contributed by atoms with E-state index in [-0.39, 0.29) is 17.5 Å². The first-order valence-corrected chi connectivity index (χ1v) is 8.76. The van der Waals surface area contributed by atoms with Crippen LogP contribution in [0, 0.1) is 0 Å². The Balaban J connectivity index is 2.13. The van der Waals surface area contributed by atoms with E-state index in [1.807, 2.05) is 49.1 Å². The van der Waals surface area contributed by atoms with E-state index in [2.05, 4.69) is 0 Å². The lowest BCUT2D eigenvalue weighted by molar-refractivity contribution is -0.115. The van der Waals surface area contributed by atoms with Gasteiger partial charge < -0.3 is 10.0 Å². The molecule has 0 fully saturated rings. The number of benzene rings is 1. The number of aliphatic hydroxyl groups is 1. The molecule has 0 aliphatic heterocycles. The number of ketones is 1. The molecule has 0 radical (unpaired) electrons. The molecule has 1 aromatic carbocycles. The van der Waals surface area contributed by atoms with Crippen LogP contribution < -0.4 is 0 Å². The lowest BCUT2D eigenvalue weighted by Gasteiger charge is -2.26. The summed E-state index contributed by atoms with van der Waals surface area (Å²) in [5.41, 5.74) is 1.10. The van der Waals surface area contributed by atoms with Crippen molar-refractivity contribution < 1.29 is 9.90 Å². The number of Topliss-reactive ketones (excluding diaryl/α,β-unsaturated/α-hetero) is 1. The van der Waals surface area contributed by atoms with E-state index in [1.54, 1.807) is 0 Å². The summed E-state index contributed by atoms with van der Waals surface area (Å²) in [6, 6.07) is 9.88. The zero-order valence-electron chi connectivity index (χ0n) is 12.9. The van der Waals surface area contributed by atoms with Crippen molar-refractivity contribution in [3.63, 3.8) is 0 Å². The van der Waals surface area contributed by atoms with Crippen LogP contribution in [0.1, 0.15) is 38.2 Å². The van der Waals surface area contributed by atoms with E-state index in [9.17, 15) is 9.90 Å². The maximum Gasteiger partial charge on any atom is 0.173 e. The van der Waals surface area contributed by atoms with Crippen LogP contribution in [0.4, 0.5) is 0 Å². The fraction of sp³-hybridized carbons (Fsp3) is 0.412. The first-order chi connectivity index (χ1) is 10.6. The van der Waals surface area contributed by atoms with Crippen molar-refractivity contribution in [2.75, 3.05) is 13.1 Å². The Kier molecular flexibility index (Phi) is 6.03. The van der Waals surface area contributed by atoms with Gasteiger partial charge in [-0.15, -0.1) is 0 Å². The smallest absolute Gasteiger partial charge is 0.173 e. The average molecular weight is 335 g/mol. The molecule has 1 N–H and O–H groups in total. The molecular weight excluding hydrogens is 314 g/mol. The maximum atomic E-state index is 12.4. The van der Waals surface area contributed by atoms with E-state index in [4.69, 9.17) is 12.2 Å². The lowest BCUT2D eigenvalue weighted by Crippen LogP contribution is -2.28. The minimum atomic E-state index is -0.0166. The van der Waals surface area contributed by atoms with Gasteiger partial charge in [-0.25, -0.2) is 0 Å². The molecular formula is C17H21NO2S2. The molecule has 0 saturated carbocycles. The van der Waals surface area contributed by atoms with Gasteiger partial charge in [0.25, 0.3) is 0 Å². The van der Waals surface area contributed by atoms with Crippen molar-refractivity contribution in [1.82, 2.24) is 4.90 Å². The standard InChI is InChI=1S/C17H21NO2S2/c1-3-18(4-2)17(21)22-16-14(19)10-13(11-15(16)20)12-8-6-5-7-9-12/h5-9,13,19H,3-4,10-11H2,1-2H3. The molecule has 0 bridgehead atoms. The third-order valence-corrected chi connectivity index (χ3v) is 5.48. The second-order valence-electron chi connectivity index (χ2n) is 5.26. The van der Waals surface area contributed by atoms with Gasteiger partial charge >= 0.3 is 0 Å². The Morgan fingerprint density at radius 1 is 1.27 bits per heavy atom. The number of thioether (sulfide) groups is 1. The van der Waals surface area contributed by atoms with Gasteiger partial charge in [0.15, 0.2) is 5.78 Å². The summed E-state index contributed by atoms with van der Waals surface area (Å²) in [5.74, 6) is 0.210. The van der Waals surface area contributed by atoms with Crippen LogP contribution in [0.2, 0.25) is 0 Å². The number of hydrogen-bond acceptors (Lipinski definition) is 4. The van der Waals surface area contributed by atoms with Crippen LogP contribution in [0.15, 0.2) is 41.0 Å². The lowest BCUT2D eigenvalue weighted by atomic mass is 9.86. The summed E-state index contributed by atoms with van der Waals surface area (Å²) < 4.78 is 0.651. The molecule has 0 saturated heterocycles. The number of rotatable bonds is 4. The minimum Gasteiger partial charge on any atom is -0.511 e. The first-order valence-electron chi connectivity index (χ1n) is 7.53. The summed E-state index contributed by atoms with van der Waals surface area (Å²) in [4.78, 5) is 14.8. The monoisotopic (exact) mass is 335 g/mol. The molecule has 1 aromatic rings. The number of thiocarbonyl (C=S) groups is 1. The zero-order chi connectivity index (χ0) is 16.1. The van der Waals surface area contributed by atoms with Gasteiger partial charge in [-0.2, -0.15) is 0 Å². The number of carbonyl (C=O) groups is 1. The summed E-state index contributed by atoms with van der Waals surface area (Å²) in [6.45, 7) is 5.66.